The van der Waals surface area contributed by atoms with Crippen molar-refractivity contribution in [2.45, 2.75) is 40.3 Å². The zero-order chi connectivity index (χ0) is 23.3. The van der Waals surface area contributed by atoms with E-state index in [1.165, 1.54) is 11.3 Å². The minimum atomic E-state index is -0.671. The molecule has 1 unspecified atom stereocenters. The summed E-state index contributed by atoms with van der Waals surface area (Å²) in [6.45, 7) is 10.3. The van der Waals surface area contributed by atoms with Gasteiger partial charge in [-0.2, -0.15) is 0 Å². The number of terminal acetylenes is 1. The van der Waals surface area contributed by atoms with Crippen LogP contribution in [0.3, 0.4) is 0 Å². The Labute approximate surface area is 193 Å². The highest BCUT2D eigenvalue weighted by molar-refractivity contribution is 7.17. The van der Waals surface area contributed by atoms with Gasteiger partial charge in [0.2, 0.25) is 0 Å². The summed E-state index contributed by atoms with van der Waals surface area (Å²) in [7, 11) is 0. The highest BCUT2D eigenvalue weighted by Crippen LogP contribution is 2.33. The number of ether oxygens (including phenoxy) is 1. The fourth-order valence-electron chi connectivity index (χ4n) is 3.83. The van der Waals surface area contributed by atoms with Gasteiger partial charge in [-0.25, -0.2) is 4.98 Å². The number of aryl methyl sites for hydroxylation is 2. The highest BCUT2D eigenvalue weighted by atomic mass is 32.1. The van der Waals surface area contributed by atoms with Crippen molar-refractivity contribution in [3.05, 3.63) is 50.9 Å². The molecule has 0 fully saturated rings. The Bertz CT molecular complexity index is 1160. The number of fused-ring (bicyclic) bond motifs is 1. The molecular weight excluding hydrogens is 422 g/mol. The third-order valence-corrected chi connectivity index (χ3v) is 6.01. The number of benzene rings is 1. The molecule has 0 saturated carbocycles. The van der Waals surface area contributed by atoms with Gasteiger partial charge in [0.1, 0.15) is 17.3 Å². The molecule has 0 radical (unpaired) electrons. The van der Waals surface area contributed by atoms with Gasteiger partial charge in [0.05, 0.1) is 24.6 Å². The Morgan fingerprint density at radius 1 is 1.28 bits per heavy atom. The average Bonchev–Trinajstić information content (AvgIpc) is 3.13. The van der Waals surface area contributed by atoms with Gasteiger partial charge in [-0.15, -0.1) is 17.8 Å². The molecule has 2 aromatic heterocycles. The van der Waals surface area contributed by atoms with E-state index in [4.69, 9.17) is 16.1 Å². The van der Waals surface area contributed by atoms with Crippen LogP contribution in [0.2, 0.25) is 0 Å². The summed E-state index contributed by atoms with van der Waals surface area (Å²) in [5, 5.41) is 13.0. The lowest BCUT2D eigenvalue weighted by Crippen LogP contribution is -2.37. The van der Waals surface area contributed by atoms with Crippen molar-refractivity contribution in [3.63, 3.8) is 0 Å². The maximum absolute atomic E-state index is 13.1. The normalized spacial score (nSPS) is 12.6. The Hall–Kier alpha value is -2.50. The van der Waals surface area contributed by atoms with Gasteiger partial charge in [0, 0.05) is 24.0 Å². The fourth-order valence-corrected chi connectivity index (χ4v) is 4.79. The van der Waals surface area contributed by atoms with E-state index >= 15 is 0 Å². The van der Waals surface area contributed by atoms with E-state index in [0.717, 1.165) is 33.6 Å². The van der Waals surface area contributed by atoms with Crippen molar-refractivity contribution in [2.75, 3.05) is 26.3 Å². The first kappa shape index (κ1) is 24.1. The van der Waals surface area contributed by atoms with Crippen molar-refractivity contribution < 1.29 is 9.84 Å². The monoisotopic (exact) mass is 453 g/mol. The first-order valence-corrected chi connectivity index (χ1v) is 11.7. The number of hydrogen-bond acceptors (Lipinski definition) is 6. The number of hydrogen-bond donors (Lipinski definition) is 2. The molecule has 0 aliphatic rings. The Morgan fingerprint density at radius 3 is 2.78 bits per heavy atom. The molecule has 1 aromatic carbocycles. The molecule has 0 spiro atoms. The molecule has 3 rings (SSSR count). The number of aromatic amines is 1. The standard InChI is InChI=1S/C25H31N3O3S/c1-6-9-31-14-19(29)12-28(11-16(2)3)13-22-26-24(30)23-21(15-32-25(23)27-22)20-10-17(4)7-8-18(20)5/h1,7-8,10,15-16,19,29H,9,11-14H2,2-5H3,(H,26,27,30). The molecule has 0 aliphatic carbocycles. The summed E-state index contributed by atoms with van der Waals surface area (Å²) >= 11 is 1.48. The van der Waals surface area contributed by atoms with Crippen LogP contribution in [0.4, 0.5) is 0 Å². The zero-order valence-electron chi connectivity index (χ0n) is 19.1. The lowest BCUT2D eigenvalue weighted by molar-refractivity contribution is 0.0232. The van der Waals surface area contributed by atoms with E-state index in [2.05, 4.69) is 54.8 Å². The zero-order valence-corrected chi connectivity index (χ0v) is 20.0. The molecule has 32 heavy (non-hydrogen) atoms. The van der Waals surface area contributed by atoms with Gasteiger partial charge in [0.25, 0.3) is 5.56 Å². The minimum Gasteiger partial charge on any atom is -0.389 e. The summed E-state index contributed by atoms with van der Waals surface area (Å²) in [6, 6.07) is 6.26. The smallest absolute Gasteiger partial charge is 0.260 e. The molecule has 0 aliphatic heterocycles. The van der Waals surface area contributed by atoms with Crippen LogP contribution in [0.1, 0.15) is 30.8 Å². The maximum Gasteiger partial charge on any atom is 0.260 e. The van der Waals surface area contributed by atoms with E-state index in [-0.39, 0.29) is 18.8 Å². The minimum absolute atomic E-state index is 0.135. The second kappa shape index (κ2) is 10.9. The number of rotatable bonds is 10. The van der Waals surface area contributed by atoms with Gasteiger partial charge < -0.3 is 14.8 Å². The highest BCUT2D eigenvalue weighted by Gasteiger charge is 2.18. The fraction of sp³-hybridized carbons (Fsp3) is 0.440. The summed E-state index contributed by atoms with van der Waals surface area (Å²) in [5.74, 6) is 3.38. The SMILES string of the molecule is C#CCOCC(O)CN(Cc1nc2scc(-c3cc(C)ccc3C)c2c(=O)[nH]1)CC(C)C. The number of thiophene rings is 1. The van der Waals surface area contributed by atoms with Crippen LogP contribution >= 0.6 is 11.3 Å². The van der Waals surface area contributed by atoms with Crippen LogP contribution in [-0.4, -0.2) is 52.4 Å². The average molecular weight is 454 g/mol. The van der Waals surface area contributed by atoms with Crippen molar-refractivity contribution >= 4 is 21.6 Å². The summed E-state index contributed by atoms with van der Waals surface area (Å²) in [5.41, 5.74) is 4.13. The Morgan fingerprint density at radius 2 is 2.06 bits per heavy atom. The van der Waals surface area contributed by atoms with E-state index in [0.29, 0.717) is 30.2 Å². The second-order valence-electron chi connectivity index (χ2n) is 8.62. The largest absolute Gasteiger partial charge is 0.389 e. The van der Waals surface area contributed by atoms with E-state index < -0.39 is 6.10 Å². The second-order valence-corrected chi connectivity index (χ2v) is 9.48. The first-order chi connectivity index (χ1) is 15.3. The summed E-state index contributed by atoms with van der Waals surface area (Å²) in [6.07, 6.45) is 4.52. The Balaban J connectivity index is 1.86. The maximum atomic E-state index is 13.1. The van der Waals surface area contributed by atoms with E-state index in [1.807, 2.05) is 12.3 Å². The van der Waals surface area contributed by atoms with Gasteiger partial charge >= 0.3 is 0 Å². The number of nitrogens with one attached hydrogen (secondary N) is 1. The molecule has 0 saturated heterocycles. The van der Waals surface area contributed by atoms with Crippen molar-refractivity contribution in [1.82, 2.24) is 14.9 Å². The van der Waals surface area contributed by atoms with Crippen molar-refractivity contribution in [2.24, 2.45) is 5.92 Å². The van der Waals surface area contributed by atoms with Crippen LogP contribution in [-0.2, 0) is 11.3 Å². The van der Waals surface area contributed by atoms with Crippen LogP contribution in [0, 0.1) is 32.1 Å². The third-order valence-electron chi connectivity index (χ3n) is 5.14. The number of nitrogens with zero attached hydrogens (tertiary/aromatic N) is 2. The molecule has 2 heterocycles. The van der Waals surface area contributed by atoms with Crippen molar-refractivity contribution in [3.8, 4) is 23.5 Å². The summed E-state index contributed by atoms with van der Waals surface area (Å²) < 4.78 is 5.26. The molecule has 3 aromatic rings. The molecule has 0 bridgehead atoms. The molecule has 6 nitrogen and oxygen atoms in total. The van der Waals surface area contributed by atoms with Crippen LogP contribution in [0.5, 0.6) is 0 Å². The molecule has 1 atom stereocenters. The lowest BCUT2D eigenvalue weighted by Gasteiger charge is -2.26. The topological polar surface area (TPSA) is 78.5 Å². The molecular formula is C25H31N3O3S. The van der Waals surface area contributed by atoms with Crippen molar-refractivity contribution in [1.29, 1.82) is 0 Å². The van der Waals surface area contributed by atoms with E-state index in [1.54, 1.807) is 0 Å². The predicted octanol–water partition coefficient (Wildman–Crippen LogP) is 3.74. The van der Waals surface area contributed by atoms with Gasteiger partial charge in [0.15, 0.2) is 0 Å². The molecule has 7 heteroatoms. The van der Waals surface area contributed by atoms with Gasteiger partial charge in [-0.05, 0) is 30.9 Å². The molecule has 2 N–H and O–H groups in total. The summed E-state index contributed by atoms with van der Waals surface area (Å²) in [4.78, 5) is 23.6. The molecule has 0 amide bonds. The Kier molecular flexibility index (Phi) is 8.21. The van der Waals surface area contributed by atoms with Crippen LogP contribution in [0.15, 0.2) is 28.4 Å². The first-order valence-electron chi connectivity index (χ1n) is 10.8. The quantitative estimate of drug-likeness (QED) is 0.361. The number of aliphatic hydroxyl groups is 1. The predicted molar refractivity (Wildman–Crippen MR) is 131 cm³/mol. The van der Waals surface area contributed by atoms with Crippen LogP contribution < -0.4 is 5.56 Å². The van der Waals surface area contributed by atoms with Crippen LogP contribution in [0.25, 0.3) is 21.3 Å². The number of aromatic nitrogens is 2. The van der Waals surface area contributed by atoms with E-state index in [9.17, 15) is 9.90 Å². The number of aliphatic hydroxyl groups excluding tert-OH is 1. The molecule has 170 valence electrons. The van der Waals surface area contributed by atoms with Gasteiger partial charge in [-0.3, -0.25) is 9.69 Å². The van der Waals surface area contributed by atoms with Gasteiger partial charge in [-0.1, -0.05) is 43.5 Å². The lowest BCUT2D eigenvalue weighted by atomic mass is 9.99. The number of H-pyrrole nitrogens is 1. The third kappa shape index (κ3) is 6.05.